The number of benzene rings is 1. The van der Waals surface area contributed by atoms with Crippen LogP contribution in [0.5, 0.6) is 0 Å². The second kappa shape index (κ2) is 7.72. The van der Waals surface area contributed by atoms with Crippen LogP contribution < -0.4 is 5.32 Å². The summed E-state index contributed by atoms with van der Waals surface area (Å²) in [4.78, 5) is 0. The number of hydrogen-bond donors (Lipinski definition) is 1. The largest absolute Gasteiger partial charge is 0.411 e. The van der Waals surface area contributed by atoms with Gasteiger partial charge in [0, 0.05) is 17.7 Å². The van der Waals surface area contributed by atoms with E-state index in [1.54, 1.807) is 0 Å². The molecule has 0 fully saturated rings. The Morgan fingerprint density at radius 1 is 1.32 bits per heavy atom. The van der Waals surface area contributed by atoms with Crippen LogP contribution in [0.15, 0.2) is 24.3 Å². The van der Waals surface area contributed by atoms with Crippen LogP contribution in [-0.2, 0) is 4.74 Å². The monoisotopic (exact) mass is 295 g/mol. The molecule has 0 saturated heterocycles. The molecule has 1 N–H and O–H groups in total. The quantitative estimate of drug-likeness (QED) is 0.769. The molecule has 0 saturated carbocycles. The first-order chi connectivity index (χ1) is 8.90. The third-order valence-corrected chi connectivity index (χ3v) is 2.90. The van der Waals surface area contributed by atoms with Crippen molar-refractivity contribution in [1.29, 1.82) is 0 Å². The smallest absolute Gasteiger partial charge is 0.372 e. The number of hydrogen-bond acceptors (Lipinski definition) is 2. The molecule has 108 valence electrons. The molecule has 1 rings (SSSR count). The van der Waals surface area contributed by atoms with Crippen LogP contribution in [0.2, 0.25) is 5.02 Å². The van der Waals surface area contributed by atoms with Crippen molar-refractivity contribution in [2.24, 2.45) is 0 Å². The van der Waals surface area contributed by atoms with E-state index in [1.165, 1.54) is 0 Å². The molecular weight excluding hydrogens is 279 g/mol. The average Bonchev–Trinajstić information content (AvgIpc) is 2.32. The SMILES string of the molecule is C[C@@H](NCCCOCC(F)(F)F)c1ccccc1Cl. The lowest BCUT2D eigenvalue weighted by Crippen LogP contribution is -2.22. The third-order valence-electron chi connectivity index (χ3n) is 2.55. The van der Waals surface area contributed by atoms with E-state index >= 15 is 0 Å². The second-order valence-electron chi connectivity index (χ2n) is 4.22. The summed E-state index contributed by atoms with van der Waals surface area (Å²) in [7, 11) is 0. The van der Waals surface area contributed by atoms with E-state index in [0.717, 1.165) is 5.56 Å². The van der Waals surface area contributed by atoms with Gasteiger partial charge in [-0.05, 0) is 31.5 Å². The molecule has 0 aromatic heterocycles. The molecule has 2 nitrogen and oxygen atoms in total. The molecule has 1 aromatic carbocycles. The Morgan fingerprint density at radius 2 is 2.00 bits per heavy atom. The summed E-state index contributed by atoms with van der Waals surface area (Å²) >= 11 is 6.04. The molecule has 0 spiro atoms. The van der Waals surface area contributed by atoms with E-state index in [-0.39, 0.29) is 12.6 Å². The van der Waals surface area contributed by atoms with Crippen molar-refractivity contribution < 1.29 is 17.9 Å². The minimum Gasteiger partial charge on any atom is -0.372 e. The van der Waals surface area contributed by atoms with Crippen molar-refractivity contribution in [2.75, 3.05) is 19.8 Å². The number of ether oxygens (including phenoxy) is 1. The molecule has 1 atom stereocenters. The van der Waals surface area contributed by atoms with Crippen LogP contribution in [0, 0.1) is 0 Å². The van der Waals surface area contributed by atoms with E-state index in [2.05, 4.69) is 10.1 Å². The molecule has 0 unspecified atom stereocenters. The van der Waals surface area contributed by atoms with Gasteiger partial charge in [-0.1, -0.05) is 29.8 Å². The predicted octanol–water partition coefficient (Wildman–Crippen LogP) is 3.96. The van der Waals surface area contributed by atoms with E-state index in [1.807, 2.05) is 31.2 Å². The normalized spacial score (nSPS) is 13.5. The summed E-state index contributed by atoms with van der Waals surface area (Å²) in [6.45, 7) is 1.43. The maximum Gasteiger partial charge on any atom is 0.411 e. The maximum absolute atomic E-state index is 11.8. The molecule has 0 aliphatic heterocycles. The Bertz CT molecular complexity index is 384. The first kappa shape index (κ1) is 16.3. The Labute approximate surface area is 115 Å². The topological polar surface area (TPSA) is 21.3 Å². The van der Waals surface area contributed by atoms with Gasteiger partial charge in [-0.15, -0.1) is 0 Å². The molecule has 19 heavy (non-hydrogen) atoms. The summed E-state index contributed by atoms with van der Waals surface area (Å²) in [5.74, 6) is 0. The van der Waals surface area contributed by atoms with E-state index < -0.39 is 12.8 Å². The van der Waals surface area contributed by atoms with Gasteiger partial charge < -0.3 is 10.1 Å². The van der Waals surface area contributed by atoms with Crippen LogP contribution in [0.1, 0.15) is 24.9 Å². The van der Waals surface area contributed by atoms with Crippen LogP contribution in [0.4, 0.5) is 13.2 Å². The standard InChI is InChI=1S/C13H17ClF3NO/c1-10(11-5-2-3-6-12(11)14)18-7-4-8-19-9-13(15,16)17/h2-3,5-6,10,18H,4,7-9H2,1H3/t10-/m1/s1. The summed E-state index contributed by atoms with van der Waals surface area (Å²) < 4.78 is 39.9. The number of alkyl halides is 3. The number of rotatable bonds is 7. The van der Waals surface area contributed by atoms with Crippen molar-refractivity contribution in [3.63, 3.8) is 0 Å². The van der Waals surface area contributed by atoms with Gasteiger partial charge >= 0.3 is 6.18 Å². The van der Waals surface area contributed by atoms with Gasteiger partial charge in [-0.25, -0.2) is 0 Å². The molecule has 0 aliphatic carbocycles. The average molecular weight is 296 g/mol. The Hall–Kier alpha value is -0.780. The van der Waals surface area contributed by atoms with E-state index in [4.69, 9.17) is 11.6 Å². The highest BCUT2D eigenvalue weighted by atomic mass is 35.5. The van der Waals surface area contributed by atoms with Crippen molar-refractivity contribution in [3.8, 4) is 0 Å². The fraction of sp³-hybridized carbons (Fsp3) is 0.538. The molecular formula is C13H17ClF3NO. The van der Waals surface area contributed by atoms with Crippen LogP contribution >= 0.6 is 11.6 Å². The zero-order chi connectivity index (χ0) is 14.3. The van der Waals surface area contributed by atoms with Gasteiger partial charge in [0.1, 0.15) is 6.61 Å². The van der Waals surface area contributed by atoms with Crippen LogP contribution in [0.25, 0.3) is 0 Å². The number of halogens is 4. The lowest BCUT2D eigenvalue weighted by atomic mass is 10.1. The lowest BCUT2D eigenvalue weighted by molar-refractivity contribution is -0.173. The van der Waals surface area contributed by atoms with Crippen molar-refractivity contribution in [1.82, 2.24) is 5.32 Å². The summed E-state index contributed by atoms with van der Waals surface area (Å²) in [6.07, 6.45) is -3.73. The lowest BCUT2D eigenvalue weighted by Gasteiger charge is -2.15. The van der Waals surface area contributed by atoms with Crippen molar-refractivity contribution in [2.45, 2.75) is 25.6 Å². The Balaban J connectivity index is 2.18. The molecule has 0 bridgehead atoms. The maximum atomic E-state index is 11.8. The second-order valence-corrected chi connectivity index (χ2v) is 4.63. The Kier molecular flexibility index (Phi) is 6.62. The molecule has 0 amide bonds. The molecule has 0 radical (unpaired) electrons. The highest BCUT2D eigenvalue weighted by Gasteiger charge is 2.27. The van der Waals surface area contributed by atoms with Crippen molar-refractivity contribution >= 4 is 11.6 Å². The molecule has 0 heterocycles. The highest BCUT2D eigenvalue weighted by molar-refractivity contribution is 6.31. The van der Waals surface area contributed by atoms with Crippen molar-refractivity contribution in [3.05, 3.63) is 34.9 Å². The van der Waals surface area contributed by atoms with E-state index in [9.17, 15) is 13.2 Å². The van der Waals surface area contributed by atoms with Crippen LogP contribution in [-0.4, -0.2) is 25.9 Å². The minimum absolute atomic E-state index is 0.0521. The fourth-order valence-corrected chi connectivity index (χ4v) is 1.92. The zero-order valence-electron chi connectivity index (χ0n) is 10.6. The number of nitrogens with one attached hydrogen (secondary N) is 1. The summed E-state index contributed by atoms with van der Waals surface area (Å²) in [5.41, 5.74) is 0.973. The van der Waals surface area contributed by atoms with Gasteiger partial charge in [-0.3, -0.25) is 0 Å². The third kappa shape index (κ3) is 6.80. The summed E-state index contributed by atoms with van der Waals surface area (Å²) in [6, 6.07) is 7.52. The molecule has 1 aromatic rings. The van der Waals surface area contributed by atoms with Gasteiger partial charge in [-0.2, -0.15) is 13.2 Å². The molecule has 6 heteroatoms. The van der Waals surface area contributed by atoms with Gasteiger partial charge in [0.25, 0.3) is 0 Å². The van der Waals surface area contributed by atoms with E-state index in [0.29, 0.717) is 18.0 Å². The van der Waals surface area contributed by atoms with Crippen LogP contribution in [0.3, 0.4) is 0 Å². The fourth-order valence-electron chi connectivity index (χ4n) is 1.62. The molecule has 0 aliphatic rings. The Morgan fingerprint density at radius 3 is 2.63 bits per heavy atom. The first-order valence-corrected chi connectivity index (χ1v) is 6.40. The zero-order valence-corrected chi connectivity index (χ0v) is 11.4. The minimum atomic E-state index is -4.25. The predicted molar refractivity (Wildman–Crippen MR) is 69.4 cm³/mol. The summed E-state index contributed by atoms with van der Waals surface area (Å²) in [5, 5.41) is 3.87. The first-order valence-electron chi connectivity index (χ1n) is 6.02. The van der Waals surface area contributed by atoms with Gasteiger partial charge in [0.05, 0.1) is 0 Å². The highest BCUT2D eigenvalue weighted by Crippen LogP contribution is 2.21. The van der Waals surface area contributed by atoms with Gasteiger partial charge in [0.2, 0.25) is 0 Å². The van der Waals surface area contributed by atoms with Gasteiger partial charge in [0.15, 0.2) is 0 Å².